The molecule has 1 unspecified atom stereocenters. The first kappa shape index (κ1) is 21.0. The topological polar surface area (TPSA) is 108 Å². The molecule has 2 aliphatic rings. The van der Waals surface area contributed by atoms with Crippen LogP contribution >= 0.6 is 0 Å². The van der Waals surface area contributed by atoms with Crippen molar-refractivity contribution in [3.05, 3.63) is 59.7 Å². The predicted octanol–water partition coefficient (Wildman–Crippen LogP) is 2.48. The number of imide groups is 1. The third-order valence-corrected chi connectivity index (χ3v) is 6.57. The van der Waals surface area contributed by atoms with E-state index in [9.17, 15) is 14.4 Å². The van der Waals surface area contributed by atoms with Crippen molar-refractivity contribution in [2.45, 2.75) is 19.4 Å². The van der Waals surface area contributed by atoms with Crippen LogP contribution in [0.1, 0.15) is 29.8 Å². The molecule has 0 bridgehead atoms. The first-order valence-corrected chi connectivity index (χ1v) is 11.0. The number of nitrogens with one attached hydrogen (secondary N) is 2. The number of nitrogens with zero attached hydrogens (tertiary/aromatic N) is 3. The van der Waals surface area contributed by atoms with E-state index in [1.165, 1.54) is 0 Å². The summed E-state index contributed by atoms with van der Waals surface area (Å²) in [6.07, 6.45) is 0. The van der Waals surface area contributed by atoms with Gasteiger partial charge in [0.15, 0.2) is 11.4 Å². The van der Waals surface area contributed by atoms with Crippen LogP contribution in [0.3, 0.4) is 0 Å². The summed E-state index contributed by atoms with van der Waals surface area (Å²) in [5.74, 6) is 0.201. The maximum absolute atomic E-state index is 13.1. The van der Waals surface area contributed by atoms with E-state index in [1.807, 2.05) is 43.0 Å². The van der Waals surface area contributed by atoms with Gasteiger partial charge in [-0.1, -0.05) is 43.3 Å². The Kier molecular flexibility index (Phi) is 5.03. The normalized spacial score (nSPS) is 20.9. The minimum Gasteiger partial charge on any atom is -0.354 e. The molecule has 170 valence electrons. The first-order valence-electron chi connectivity index (χ1n) is 11.0. The predicted molar refractivity (Wildman–Crippen MR) is 122 cm³/mol. The molecule has 1 atom stereocenters. The summed E-state index contributed by atoms with van der Waals surface area (Å²) in [5.41, 5.74) is 0.810. The van der Waals surface area contributed by atoms with Gasteiger partial charge in [-0.15, -0.1) is 0 Å². The Balaban J connectivity index is 1.29. The number of hydrogen-bond acceptors (Lipinski definition) is 6. The van der Waals surface area contributed by atoms with Crippen LogP contribution in [0.2, 0.25) is 0 Å². The van der Waals surface area contributed by atoms with Crippen LogP contribution in [0.25, 0.3) is 11.0 Å². The molecular formula is C24H25N5O4. The van der Waals surface area contributed by atoms with Crippen molar-refractivity contribution in [2.24, 2.45) is 5.92 Å². The van der Waals surface area contributed by atoms with Gasteiger partial charge >= 0.3 is 6.03 Å². The molecule has 3 heterocycles. The summed E-state index contributed by atoms with van der Waals surface area (Å²) in [6.45, 7) is 6.20. The van der Waals surface area contributed by atoms with Crippen molar-refractivity contribution >= 4 is 34.6 Å². The summed E-state index contributed by atoms with van der Waals surface area (Å²) < 4.78 is 5.41. The van der Waals surface area contributed by atoms with E-state index in [4.69, 9.17) is 4.52 Å². The van der Waals surface area contributed by atoms with Gasteiger partial charge in [0.25, 0.3) is 11.8 Å². The zero-order chi connectivity index (χ0) is 23.2. The number of amides is 4. The van der Waals surface area contributed by atoms with E-state index in [0.717, 1.165) is 16.8 Å². The lowest BCUT2D eigenvalue weighted by molar-refractivity contribution is -0.125. The molecule has 0 aliphatic carbocycles. The summed E-state index contributed by atoms with van der Waals surface area (Å²) >= 11 is 0. The van der Waals surface area contributed by atoms with Gasteiger partial charge in [-0.3, -0.25) is 14.9 Å². The molecule has 2 N–H and O–H groups in total. The molecule has 0 spiro atoms. The fourth-order valence-corrected chi connectivity index (χ4v) is 4.69. The maximum atomic E-state index is 13.1. The Hall–Kier alpha value is -3.88. The molecule has 2 aliphatic heterocycles. The van der Waals surface area contributed by atoms with E-state index in [-0.39, 0.29) is 17.7 Å². The Morgan fingerprint density at radius 2 is 1.73 bits per heavy atom. The highest BCUT2D eigenvalue weighted by molar-refractivity contribution is 6.07. The van der Waals surface area contributed by atoms with Gasteiger partial charge in [0, 0.05) is 31.7 Å². The van der Waals surface area contributed by atoms with E-state index in [0.29, 0.717) is 37.3 Å². The molecule has 5 rings (SSSR count). The van der Waals surface area contributed by atoms with Crippen LogP contribution in [-0.4, -0.2) is 54.1 Å². The number of carbonyl (C=O) groups is 3. The molecule has 1 aromatic heterocycles. The quantitative estimate of drug-likeness (QED) is 0.595. The number of carbonyl (C=O) groups excluding carboxylic acids is 3. The third kappa shape index (κ3) is 3.40. The zero-order valence-corrected chi connectivity index (χ0v) is 18.5. The number of hydrogen-bond donors (Lipinski definition) is 2. The van der Waals surface area contributed by atoms with Crippen LogP contribution in [0.5, 0.6) is 0 Å². The first-order chi connectivity index (χ1) is 15.9. The number of urea groups is 1. The monoisotopic (exact) mass is 447 g/mol. The average molecular weight is 447 g/mol. The number of anilines is 1. The van der Waals surface area contributed by atoms with Crippen molar-refractivity contribution in [1.29, 1.82) is 0 Å². The Labute approximate surface area is 190 Å². The summed E-state index contributed by atoms with van der Waals surface area (Å²) in [4.78, 5) is 41.4. The zero-order valence-electron chi connectivity index (χ0n) is 18.5. The third-order valence-electron chi connectivity index (χ3n) is 6.57. The lowest BCUT2D eigenvalue weighted by Gasteiger charge is -2.35. The van der Waals surface area contributed by atoms with Crippen molar-refractivity contribution in [1.82, 2.24) is 20.7 Å². The Morgan fingerprint density at radius 3 is 2.36 bits per heavy atom. The second kappa shape index (κ2) is 7.91. The Bertz CT molecular complexity index is 1230. The number of rotatable bonds is 4. The highest BCUT2D eigenvalue weighted by Crippen LogP contribution is 2.33. The highest BCUT2D eigenvalue weighted by Gasteiger charge is 2.50. The van der Waals surface area contributed by atoms with Crippen molar-refractivity contribution < 1.29 is 18.9 Å². The molecule has 4 amide bonds. The van der Waals surface area contributed by atoms with Gasteiger partial charge < -0.3 is 19.6 Å². The molecule has 9 heteroatoms. The molecule has 0 saturated carbocycles. The largest absolute Gasteiger partial charge is 0.354 e. The number of fused-ring (bicyclic) bond motifs is 1. The lowest BCUT2D eigenvalue weighted by Crippen LogP contribution is -2.49. The number of benzene rings is 2. The van der Waals surface area contributed by atoms with E-state index in [2.05, 4.69) is 20.7 Å². The summed E-state index contributed by atoms with van der Waals surface area (Å²) in [5, 5.41) is 10.3. The average Bonchev–Trinajstić information content (AvgIpc) is 3.39. The summed E-state index contributed by atoms with van der Waals surface area (Å²) in [6, 6.07) is 14.2. The second-order valence-electron chi connectivity index (χ2n) is 8.73. The van der Waals surface area contributed by atoms with Crippen LogP contribution in [-0.2, 0) is 10.3 Å². The van der Waals surface area contributed by atoms with Gasteiger partial charge in [0.05, 0.1) is 5.39 Å². The van der Waals surface area contributed by atoms with E-state index in [1.54, 1.807) is 24.3 Å². The van der Waals surface area contributed by atoms with Gasteiger partial charge in [-0.25, -0.2) is 4.79 Å². The van der Waals surface area contributed by atoms with Gasteiger partial charge in [-0.05, 0) is 35.7 Å². The minimum absolute atomic E-state index is 0.0651. The standard InChI is InChI=1S/C24H25N5O4/c1-15(2)24(22(31)25-23(32)26-24)17-9-7-16(8-10-17)21(30)29-13-11-28(12-14-29)20-18-5-3-4-6-19(18)33-27-20/h3-10,15H,11-14H2,1-2H3,(H2,25,26,31,32). The van der Waals surface area contributed by atoms with Crippen molar-refractivity contribution in [3.63, 3.8) is 0 Å². The number of aromatic nitrogens is 1. The fourth-order valence-electron chi connectivity index (χ4n) is 4.69. The molecule has 33 heavy (non-hydrogen) atoms. The van der Waals surface area contributed by atoms with Crippen LogP contribution in [0.4, 0.5) is 10.6 Å². The second-order valence-corrected chi connectivity index (χ2v) is 8.73. The van der Waals surface area contributed by atoms with Crippen LogP contribution < -0.4 is 15.5 Å². The van der Waals surface area contributed by atoms with Gasteiger partial charge in [-0.2, -0.15) is 0 Å². The maximum Gasteiger partial charge on any atom is 0.322 e. The molecule has 3 aromatic rings. The summed E-state index contributed by atoms with van der Waals surface area (Å²) in [7, 11) is 0. The van der Waals surface area contributed by atoms with E-state index >= 15 is 0 Å². The van der Waals surface area contributed by atoms with Crippen LogP contribution in [0, 0.1) is 5.92 Å². The number of para-hydroxylation sites is 1. The highest BCUT2D eigenvalue weighted by atomic mass is 16.5. The smallest absolute Gasteiger partial charge is 0.322 e. The van der Waals surface area contributed by atoms with Gasteiger partial charge in [0.2, 0.25) is 0 Å². The molecule has 2 fully saturated rings. The SMILES string of the molecule is CC(C)C1(c2ccc(C(=O)N3CCN(c4noc5ccccc45)CC3)cc2)NC(=O)NC1=O. The van der Waals surface area contributed by atoms with Crippen molar-refractivity contribution in [3.8, 4) is 0 Å². The van der Waals surface area contributed by atoms with Crippen LogP contribution in [0.15, 0.2) is 53.1 Å². The lowest BCUT2D eigenvalue weighted by atomic mass is 9.79. The van der Waals surface area contributed by atoms with Crippen molar-refractivity contribution in [2.75, 3.05) is 31.1 Å². The van der Waals surface area contributed by atoms with Gasteiger partial charge in [0.1, 0.15) is 5.54 Å². The molecule has 2 aromatic carbocycles. The fraction of sp³-hybridized carbons (Fsp3) is 0.333. The molecular weight excluding hydrogens is 422 g/mol. The Morgan fingerprint density at radius 1 is 1.03 bits per heavy atom. The minimum atomic E-state index is -1.13. The molecule has 2 saturated heterocycles. The number of piperazine rings is 1. The van der Waals surface area contributed by atoms with E-state index < -0.39 is 11.6 Å². The molecule has 0 radical (unpaired) electrons. The molecule has 9 nitrogen and oxygen atoms in total.